The number of esters is 1. The minimum atomic E-state index is -0.343. The lowest BCUT2D eigenvalue weighted by molar-refractivity contribution is -0.140. The third-order valence-corrected chi connectivity index (χ3v) is 2.83. The summed E-state index contributed by atoms with van der Waals surface area (Å²) in [5.74, 6) is -0.578. The quantitative estimate of drug-likeness (QED) is 0.790. The minimum Gasteiger partial charge on any atom is -0.469 e. The van der Waals surface area contributed by atoms with E-state index in [1.165, 1.54) is 12.0 Å². The summed E-state index contributed by atoms with van der Waals surface area (Å²) in [4.78, 5) is 28.3. The molecular weight excluding hydrogens is 288 g/mol. The van der Waals surface area contributed by atoms with E-state index in [9.17, 15) is 9.59 Å². The van der Waals surface area contributed by atoms with E-state index in [1.54, 1.807) is 25.4 Å². The van der Waals surface area contributed by atoms with Crippen molar-refractivity contribution in [2.75, 3.05) is 20.7 Å². The Kier molecular flexibility index (Phi) is 5.09. The average Bonchev–Trinajstić information content (AvgIpc) is 2.35. The van der Waals surface area contributed by atoms with Gasteiger partial charge < -0.3 is 9.64 Å². The maximum Gasteiger partial charge on any atom is 0.307 e. The smallest absolute Gasteiger partial charge is 0.307 e. The standard InChI is InChI=1S/C11H13BrN2O3/c1-14(7-5-9(15)17-2)11(16)10-8(12)4-3-6-13-10/h3-4,6H,5,7H2,1-2H3. The summed E-state index contributed by atoms with van der Waals surface area (Å²) in [7, 11) is 2.94. The molecule has 0 aliphatic heterocycles. The molecule has 0 spiro atoms. The Morgan fingerprint density at radius 2 is 2.24 bits per heavy atom. The molecule has 0 bridgehead atoms. The van der Waals surface area contributed by atoms with Crippen LogP contribution in [0.25, 0.3) is 0 Å². The molecule has 0 aromatic carbocycles. The highest BCUT2D eigenvalue weighted by Crippen LogP contribution is 2.14. The Balaban J connectivity index is 2.64. The van der Waals surface area contributed by atoms with Gasteiger partial charge in [0.05, 0.1) is 13.5 Å². The number of nitrogens with zero attached hydrogens (tertiary/aromatic N) is 2. The van der Waals surface area contributed by atoms with E-state index in [4.69, 9.17) is 0 Å². The van der Waals surface area contributed by atoms with Crippen molar-refractivity contribution in [3.63, 3.8) is 0 Å². The first-order valence-electron chi connectivity index (χ1n) is 4.99. The zero-order valence-corrected chi connectivity index (χ0v) is 11.2. The van der Waals surface area contributed by atoms with E-state index in [0.29, 0.717) is 16.7 Å². The van der Waals surface area contributed by atoms with E-state index >= 15 is 0 Å². The highest BCUT2D eigenvalue weighted by Gasteiger charge is 2.16. The molecule has 6 heteroatoms. The van der Waals surface area contributed by atoms with Gasteiger partial charge in [-0.15, -0.1) is 0 Å². The second-order valence-corrected chi connectivity index (χ2v) is 4.24. The molecule has 17 heavy (non-hydrogen) atoms. The maximum absolute atomic E-state index is 11.9. The monoisotopic (exact) mass is 300 g/mol. The Morgan fingerprint density at radius 1 is 1.53 bits per heavy atom. The molecule has 0 aliphatic rings. The summed E-state index contributed by atoms with van der Waals surface area (Å²) in [5.41, 5.74) is 0.333. The summed E-state index contributed by atoms with van der Waals surface area (Å²) < 4.78 is 5.14. The lowest BCUT2D eigenvalue weighted by Crippen LogP contribution is -2.30. The van der Waals surface area contributed by atoms with E-state index in [2.05, 4.69) is 25.7 Å². The molecule has 1 aromatic rings. The van der Waals surface area contributed by atoms with Gasteiger partial charge in [-0.05, 0) is 28.1 Å². The van der Waals surface area contributed by atoms with Crippen LogP contribution >= 0.6 is 15.9 Å². The first-order valence-corrected chi connectivity index (χ1v) is 5.78. The van der Waals surface area contributed by atoms with Gasteiger partial charge >= 0.3 is 5.97 Å². The van der Waals surface area contributed by atoms with Crippen LogP contribution in [0.4, 0.5) is 0 Å². The molecule has 0 radical (unpaired) electrons. The van der Waals surface area contributed by atoms with Crippen molar-refractivity contribution in [3.05, 3.63) is 28.5 Å². The highest BCUT2D eigenvalue weighted by molar-refractivity contribution is 9.10. The fourth-order valence-corrected chi connectivity index (χ4v) is 1.61. The van der Waals surface area contributed by atoms with E-state index in [0.717, 1.165) is 0 Å². The lowest BCUT2D eigenvalue weighted by Gasteiger charge is -2.16. The fourth-order valence-electron chi connectivity index (χ4n) is 1.19. The van der Waals surface area contributed by atoms with Gasteiger partial charge in [0.2, 0.25) is 0 Å². The van der Waals surface area contributed by atoms with Crippen LogP contribution in [0.1, 0.15) is 16.9 Å². The predicted molar refractivity (Wildman–Crippen MR) is 65.5 cm³/mol. The Morgan fingerprint density at radius 3 is 2.82 bits per heavy atom. The third-order valence-electron chi connectivity index (χ3n) is 2.19. The molecule has 1 rings (SSSR count). The number of ether oxygens (including phenoxy) is 1. The number of amides is 1. The van der Waals surface area contributed by atoms with Crippen molar-refractivity contribution >= 4 is 27.8 Å². The number of aromatic nitrogens is 1. The van der Waals surface area contributed by atoms with Gasteiger partial charge in [0, 0.05) is 24.3 Å². The number of halogens is 1. The second kappa shape index (κ2) is 6.34. The zero-order valence-electron chi connectivity index (χ0n) is 9.64. The second-order valence-electron chi connectivity index (χ2n) is 3.39. The predicted octanol–water partition coefficient (Wildman–Crippen LogP) is 1.48. The molecular formula is C11H13BrN2O3. The SMILES string of the molecule is COC(=O)CCN(C)C(=O)c1ncccc1Br. The number of pyridine rings is 1. The van der Waals surface area contributed by atoms with Crippen molar-refractivity contribution in [1.29, 1.82) is 0 Å². The topological polar surface area (TPSA) is 59.5 Å². The van der Waals surface area contributed by atoms with Gasteiger partial charge in [-0.1, -0.05) is 0 Å². The summed E-state index contributed by atoms with van der Waals surface area (Å²) in [5, 5.41) is 0. The number of hydrogen-bond donors (Lipinski definition) is 0. The van der Waals surface area contributed by atoms with Crippen LogP contribution in [0.3, 0.4) is 0 Å². The molecule has 0 saturated heterocycles. The van der Waals surface area contributed by atoms with Crippen LogP contribution in [0.15, 0.2) is 22.8 Å². The Labute approximate surface area is 108 Å². The van der Waals surface area contributed by atoms with Gasteiger partial charge in [0.25, 0.3) is 5.91 Å². The molecule has 0 atom stereocenters. The van der Waals surface area contributed by atoms with Gasteiger partial charge in [-0.3, -0.25) is 9.59 Å². The Hall–Kier alpha value is -1.43. The lowest BCUT2D eigenvalue weighted by atomic mass is 10.3. The maximum atomic E-state index is 11.9. The Bertz CT molecular complexity index is 423. The average molecular weight is 301 g/mol. The van der Waals surface area contributed by atoms with Gasteiger partial charge in [0.15, 0.2) is 0 Å². The van der Waals surface area contributed by atoms with Crippen LogP contribution in [-0.4, -0.2) is 42.5 Å². The molecule has 92 valence electrons. The molecule has 1 aromatic heterocycles. The summed E-state index contributed by atoms with van der Waals surface area (Å²) >= 11 is 3.26. The number of methoxy groups -OCH3 is 1. The van der Waals surface area contributed by atoms with Crippen molar-refractivity contribution in [2.45, 2.75) is 6.42 Å². The zero-order chi connectivity index (χ0) is 12.8. The number of rotatable bonds is 4. The first-order chi connectivity index (χ1) is 8.06. The van der Waals surface area contributed by atoms with Crippen molar-refractivity contribution < 1.29 is 14.3 Å². The van der Waals surface area contributed by atoms with E-state index in [-0.39, 0.29) is 18.3 Å². The van der Waals surface area contributed by atoms with E-state index in [1.807, 2.05) is 0 Å². The number of carbonyl (C=O) groups excluding carboxylic acids is 2. The summed E-state index contributed by atoms with van der Waals surface area (Å²) in [6, 6.07) is 3.48. The number of carbonyl (C=O) groups is 2. The largest absolute Gasteiger partial charge is 0.469 e. The molecule has 1 amide bonds. The molecule has 0 unspecified atom stereocenters. The van der Waals surface area contributed by atoms with Gasteiger partial charge in [-0.25, -0.2) is 4.98 Å². The third kappa shape index (κ3) is 3.81. The van der Waals surface area contributed by atoms with E-state index < -0.39 is 0 Å². The normalized spacial score (nSPS) is 9.82. The van der Waals surface area contributed by atoms with Crippen molar-refractivity contribution in [2.24, 2.45) is 0 Å². The minimum absolute atomic E-state index is 0.170. The van der Waals surface area contributed by atoms with Gasteiger partial charge in [0.1, 0.15) is 5.69 Å². The van der Waals surface area contributed by atoms with Crippen LogP contribution < -0.4 is 0 Å². The van der Waals surface area contributed by atoms with Crippen LogP contribution in [0, 0.1) is 0 Å². The van der Waals surface area contributed by atoms with Crippen molar-refractivity contribution in [1.82, 2.24) is 9.88 Å². The summed E-state index contributed by atoms with van der Waals surface area (Å²) in [6.07, 6.45) is 1.72. The molecule has 5 nitrogen and oxygen atoms in total. The number of hydrogen-bond acceptors (Lipinski definition) is 4. The molecule has 0 fully saturated rings. The summed E-state index contributed by atoms with van der Waals surface area (Å²) in [6.45, 7) is 0.300. The van der Waals surface area contributed by atoms with Crippen LogP contribution in [0.5, 0.6) is 0 Å². The molecule has 1 heterocycles. The highest BCUT2D eigenvalue weighted by atomic mass is 79.9. The van der Waals surface area contributed by atoms with Crippen LogP contribution in [-0.2, 0) is 9.53 Å². The molecule has 0 aliphatic carbocycles. The molecule has 0 N–H and O–H groups in total. The first kappa shape index (κ1) is 13.6. The van der Waals surface area contributed by atoms with Crippen molar-refractivity contribution in [3.8, 4) is 0 Å². The molecule has 0 saturated carbocycles. The van der Waals surface area contributed by atoms with Crippen LogP contribution in [0.2, 0.25) is 0 Å². The fraction of sp³-hybridized carbons (Fsp3) is 0.364. The van der Waals surface area contributed by atoms with Gasteiger partial charge in [-0.2, -0.15) is 0 Å².